The second kappa shape index (κ2) is 10.8. The summed E-state index contributed by atoms with van der Waals surface area (Å²) in [6.45, 7) is 4.43. The predicted molar refractivity (Wildman–Crippen MR) is 96.6 cm³/mol. The Bertz CT molecular complexity index is 662. The van der Waals surface area contributed by atoms with Crippen LogP contribution in [0.15, 0.2) is 30.3 Å². The first-order valence-electron chi connectivity index (χ1n) is 8.47. The van der Waals surface area contributed by atoms with Crippen molar-refractivity contribution >= 4 is 23.9 Å². The van der Waals surface area contributed by atoms with Gasteiger partial charge in [0.2, 0.25) is 11.8 Å². The van der Waals surface area contributed by atoms with E-state index in [1.807, 2.05) is 18.2 Å². The molecule has 0 aliphatic heterocycles. The number of aliphatic carboxylic acids is 1. The third-order valence-corrected chi connectivity index (χ3v) is 3.61. The molecule has 0 spiro atoms. The highest BCUT2D eigenvalue weighted by Gasteiger charge is 2.26. The maximum absolute atomic E-state index is 12.0. The lowest BCUT2D eigenvalue weighted by atomic mass is 10.0. The van der Waals surface area contributed by atoms with Crippen molar-refractivity contribution in [2.45, 2.75) is 39.5 Å². The summed E-state index contributed by atoms with van der Waals surface area (Å²) in [6, 6.07) is 7.03. The Hall–Kier alpha value is -3.10. The van der Waals surface area contributed by atoms with Gasteiger partial charge in [0, 0.05) is 0 Å². The van der Waals surface area contributed by atoms with Gasteiger partial charge in [-0.25, -0.2) is 9.59 Å². The van der Waals surface area contributed by atoms with Gasteiger partial charge < -0.3 is 25.8 Å². The number of hydrogen-bond donors (Lipinski definition) is 4. The molecule has 9 heteroatoms. The Morgan fingerprint density at radius 2 is 1.67 bits per heavy atom. The maximum atomic E-state index is 12.0. The Labute approximate surface area is 157 Å². The first-order valence-corrected chi connectivity index (χ1v) is 8.47. The van der Waals surface area contributed by atoms with E-state index in [-0.39, 0.29) is 19.1 Å². The molecule has 1 aromatic carbocycles. The average Bonchev–Trinajstić information content (AvgIpc) is 2.62. The van der Waals surface area contributed by atoms with Gasteiger partial charge in [0.1, 0.15) is 25.2 Å². The highest BCUT2D eigenvalue weighted by Crippen LogP contribution is 2.02. The van der Waals surface area contributed by atoms with Crippen LogP contribution in [0.1, 0.15) is 26.3 Å². The number of alkyl carbamates (subject to hydrolysis) is 1. The molecule has 0 aromatic heterocycles. The molecular formula is C18H25N3O6. The molecule has 0 saturated carbocycles. The summed E-state index contributed by atoms with van der Waals surface area (Å²) in [5.41, 5.74) is 0.806. The van der Waals surface area contributed by atoms with E-state index in [4.69, 9.17) is 9.84 Å². The van der Waals surface area contributed by atoms with Crippen molar-refractivity contribution in [3.05, 3.63) is 35.9 Å². The SMILES string of the molecule is CC(NC(=O)CNC(=O)OCc1ccccc1)C(=O)NC(C(=O)O)C(C)C. The van der Waals surface area contributed by atoms with Gasteiger partial charge in [0.25, 0.3) is 0 Å². The fourth-order valence-electron chi connectivity index (χ4n) is 2.08. The van der Waals surface area contributed by atoms with Crippen LogP contribution in [0.25, 0.3) is 0 Å². The molecule has 0 fully saturated rings. The summed E-state index contributed by atoms with van der Waals surface area (Å²) < 4.78 is 4.96. The van der Waals surface area contributed by atoms with Crippen molar-refractivity contribution in [3.63, 3.8) is 0 Å². The van der Waals surface area contributed by atoms with Crippen LogP contribution >= 0.6 is 0 Å². The van der Waals surface area contributed by atoms with Crippen LogP contribution < -0.4 is 16.0 Å². The third kappa shape index (κ3) is 8.21. The van der Waals surface area contributed by atoms with E-state index in [2.05, 4.69) is 16.0 Å². The van der Waals surface area contributed by atoms with Crippen molar-refractivity contribution in [2.24, 2.45) is 5.92 Å². The van der Waals surface area contributed by atoms with Gasteiger partial charge in [-0.1, -0.05) is 44.2 Å². The lowest BCUT2D eigenvalue weighted by Gasteiger charge is -2.21. The molecule has 0 heterocycles. The number of benzene rings is 1. The quantitative estimate of drug-likeness (QED) is 0.498. The van der Waals surface area contributed by atoms with Crippen LogP contribution in [0.4, 0.5) is 4.79 Å². The van der Waals surface area contributed by atoms with Crippen molar-refractivity contribution in [1.29, 1.82) is 0 Å². The Morgan fingerprint density at radius 3 is 2.22 bits per heavy atom. The molecule has 2 atom stereocenters. The van der Waals surface area contributed by atoms with E-state index in [0.717, 1.165) is 5.56 Å². The highest BCUT2D eigenvalue weighted by atomic mass is 16.5. The van der Waals surface area contributed by atoms with E-state index >= 15 is 0 Å². The van der Waals surface area contributed by atoms with Crippen LogP contribution in [0.3, 0.4) is 0 Å². The fourth-order valence-corrected chi connectivity index (χ4v) is 2.08. The molecular weight excluding hydrogens is 354 g/mol. The van der Waals surface area contributed by atoms with Crippen molar-refractivity contribution in [3.8, 4) is 0 Å². The van der Waals surface area contributed by atoms with Crippen LogP contribution in [-0.4, -0.2) is 47.6 Å². The lowest BCUT2D eigenvalue weighted by Crippen LogP contribution is -2.53. The van der Waals surface area contributed by atoms with Crippen LogP contribution in [0, 0.1) is 5.92 Å². The second-order valence-corrected chi connectivity index (χ2v) is 6.27. The van der Waals surface area contributed by atoms with Gasteiger partial charge in [-0.05, 0) is 18.4 Å². The number of carbonyl (C=O) groups excluding carboxylic acids is 3. The number of carbonyl (C=O) groups is 4. The largest absolute Gasteiger partial charge is 0.480 e. The molecule has 0 aliphatic rings. The van der Waals surface area contributed by atoms with Crippen LogP contribution in [-0.2, 0) is 25.7 Å². The topological polar surface area (TPSA) is 134 Å². The zero-order chi connectivity index (χ0) is 20.4. The Balaban J connectivity index is 2.34. The number of hydrogen-bond acceptors (Lipinski definition) is 5. The number of nitrogens with one attached hydrogen (secondary N) is 3. The molecule has 0 saturated heterocycles. The fraction of sp³-hybridized carbons (Fsp3) is 0.444. The summed E-state index contributed by atoms with van der Waals surface area (Å²) in [4.78, 5) is 46.5. The Kier molecular flexibility index (Phi) is 8.77. The van der Waals surface area contributed by atoms with Crippen LogP contribution in [0.5, 0.6) is 0 Å². The predicted octanol–water partition coefficient (Wildman–Crippen LogP) is 0.643. The van der Waals surface area contributed by atoms with Gasteiger partial charge in [0.15, 0.2) is 0 Å². The molecule has 0 aliphatic carbocycles. The lowest BCUT2D eigenvalue weighted by molar-refractivity contribution is -0.143. The van der Waals surface area contributed by atoms with E-state index in [1.54, 1.807) is 26.0 Å². The molecule has 0 bridgehead atoms. The molecule has 1 rings (SSSR count). The van der Waals surface area contributed by atoms with Crippen LogP contribution in [0.2, 0.25) is 0 Å². The van der Waals surface area contributed by atoms with Crippen molar-refractivity contribution < 1.29 is 29.0 Å². The first-order chi connectivity index (χ1) is 12.7. The molecule has 0 radical (unpaired) electrons. The summed E-state index contributed by atoms with van der Waals surface area (Å²) >= 11 is 0. The zero-order valence-electron chi connectivity index (χ0n) is 15.5. The molecule has 4 N–H and O–H groups in total. The van der Waals surface area contributed by atoms with Crippen molar-refractivity contribution in [2.75, 3.05) is 6.54 Å². The molecule has 148 valence electrons. The molecule has 9 nitrogen and oxygen atoms in total. The smallest absolute Gasteiger partial charge is 0.407 e. The van der Waals surface area contributed by atoms with E-state index < -0.39 is 36.0 Å². The number of ether oxygens (including phenoxy) is 1. The molecule has 3 amide bonds. The third-order valence-electron chi connectivity index (χ3n) is 3.61. The molecule has 2 unspecified atom stereocenters. The zero-order valence-corrected chi connectivity index (χ0v) is 15.5. The Morgan fingerprint density at radius 1 is 1.04 bits per heavy atom. The number of amides is 3. The monoisotopic (exact) mass is 379 g/mol. The first kappa shape index (κ1) is 21.9. The summed E-state index contributed by atoms with van der Waals surface area (Å²) in [5, 5.41) is 16.1. The minimum absolute atomic E-state index is 0.0683. The van der Waals surface area contributed by atoms with Gasteiger partial charge in [0.05, 0.1) is 0 Å². The summed E-state index contributed by atoms with van der Waals surface area (Å²) in [7, 11) is 0. The van der Waals surface area contributed by atoms with Gasteiger partial charge in [-0.3, -0.25) is 9.59 Å². The summed E-state index contributed by atoms with van der Waals surface area (Å²) in [5.74, 6) is -2.70. The van der Waals surface area contributed by atoms with E-state index in [1.165, 1.54) is 6.92 Å². The van der Waals surface area contributed by atoms with E-state index in [0.29, 0.717) is 0 Å². The number of carboxylic acid groups (broad SMARTS) is 1. The normalized spacial score (nSPS) is 12.6. The van der Waals surface area contributed by atoms with Gasteiger partial charge in [-0.15, -0.1) is 0 Å². The minimum atomic E-state index is -1.15. The minimum Gasteiger partial charge on any atom is -0.480 e. The van der Waals surface area contributed by atoms with Crippen molar-refractivity contribution in [1.82, 2.24) is 16.0 Å². The summed E-state index contributed by atoms with van der Waals surface area (Å²) in [6.07, 6.45) is -0.767. The van der Waals surface area contributed by atoms with E-state index in [9.17, 15) is 19.2 Å². The van der Waals surface area contributed by atoms with Gasteiger partial charge in [-0.2, -0.15) is 0 Å². The molecule has 1 aromatic rings. The number of carboxylic acids is 1. The standard InChI is InChI=1S/C18H25N3O6/c1-11(2)15(17(24)25)21-16(23)12(3)20-14(22)9-19-18(26)27-10-13-7-5-4-6-8-13/h4-8,11-12,15H,9-10H2,1-3H3,(H,19,26)(H,20,22)(H,21,23)(H,24,25). The second-order valence-electron chi connectivity index (χ2n) is 6.27. The highest BCUT2D eigenvalue weighted by molar-refractivity contribution is 5.91. The number of rotatable bonds is 9. The van der Waals surface area contributed by atoms with Gasteiger partial charge >= 0.3 is 12.1 Å². The maximum Gasteiger partial charge on any atom is 0.407 e. The average molecular weight is 379 g/mol. The molecule has 27 heavy (non-hydrogen) atoms.